The van der Waals surface area contributed by atoms with E-state index in [1.54, 1.807) is 19.3 Å². The molecule has 0 aliphatic carbocycles. The topological polar surface area (TPSA) is 43.8 Å². The molecule has 1 aromatic heterocycles. The van der Waals surface area contributed by atoms with E-state index in [0.29, 0.717) is 18.3 Å². The maximum atomic E-state index is 13.8. The number of pyridine rings is 1. The Hall–Kier alpha value is -1.74. The van der Waals surface area contributed by atoms with Gasteiger partial charge in [-0.15, -0.1) is 24.0 Å². The van der Waals surface area contributed by atoms with Gasteiger partial charge in [-0.1, -0.05) is 37.3 Å². The van der Waals surface area contributed by atoms with E-state index >= 15 is 0 Å². The van der Waals surface area contributed by atoms with Gasteiger partial charge in [-0.05, 0) is 24.1 Å². The van der Waals surface area contributed by atoms with E-state index in [4.69, 9.17) is 0 Å². The first-order valence-corrected chi connectivity index (χ1v) is 9.57. The summed E-state index contributed by atoms with van der Waals surface area (Å²) in [4.78, 5) is 13.2. The van der Waals surface area contributed by atoms with E-state index in [0.717, 1.165) is 38.6 Å². The SMILES string of the molecule is CCC(c1ccccc1)N1CCN(C(=NC)NCc2ncccc2F)CC1.I. The molecule has 1 aliphatic heterocycles. The summed E-state index contributed by atoms with van der Waals surface area (Å²) in [6.07, 6.45) is 2.70. The monoisotopic (exact) mass is 497 g/mol. The zero-order valence-electron chi connectivity index (χ0n) is 16.5. The van der Waals surface area contributed by atoms with Crippen LogP contribution in [-0.2, 0) is 6.54 Å². The fourth-order valence-electron chi connectivity index (χ4n) is 3.67. The van der Waals surface area contributed by atoms with Crippen molar-refractivity contribution in [3.8, 4) is 0 Å². The zero-order chi connectivity index (χ0) is 19.1. The number of hydrogen-bond acceptors (Lipinski definition) is 3. The molecule has 1 aliphatic rings. The molecule has 1 unspecified atom stereocenters. The molecule has 1 aromatic carbocycles. The molecule has 0 radical (unpaired) electrons. The molecule has 1 N–H and O–H groups in total. The summed E-state index contributed by atoms with van der Waals surface area (Å²) in [7, 11) is 1.77. The lowest BCUT2D eigenvalue weighted by Gasteiger charge is -2.40. The van der Waals surface area contributed by atoms with Crippen molar-refractivity contribution >= 4 is 29.9 Å². The fraction of sp³-hybridized carbons (Fsp3) is 0.429. The summed E-state index contributed by atoms with van der Waals surface area (Å²) >= 11 is 0. The molecule has 152 valence electrons. The van der Waals surface area contributed by atoms with Crippen LogP contribution in [0.4, 0.5) is 4.39 Å². The number of aromatic nitrogens is 1. The highest BCUT2D eigenvalue weighted by Crippen LogP contribution is 2.25. The van der Waals surface area contributed by atoms with Gasteiger partial charge in [-0.3, -0.25) is 14.9 Å². The molecular weight excluding hydrogens is 468 g/mol. The highest BCUT2D eigenvalue weighted by atomic mass is 127. The minimum absolute atomic E-state index is 0. The number of halogens is 2. The Morgan fingerprint density at radius 1 is 1.14 bits per heavy atom. The summed E-state index contributed by atoms with van der Waals surface area (Å²) in [5.74, 6) is 0.506. The van der Waals surface area contributed by atoms with Crippen LogP contribution in [0.2, 0.25) is 0 Å². The quantitative estimate of drug-likeness (QED) is 0.389. The Bertz CT molecular complexity index is 747. The average molecular weight is 497 g/mol. The van der Waals surface area contributed by atoms with Crippen molar-refractivity contribution in [1.82, 2.24) is 20.1 Å². The van der Waals surface area contributed by atoms with Crippen molar-refractivity contribution in [2.45, 2.75) is 25.9 Å². The largest absolute Gasteiger partial charge is 0.350 e. The van der Waals surface area contributed by atoms with Crippen LogP contribution in [0.3, 0.4) is 0 Å². The number of hydrogen-bond donors (Lipinski definition) is 1. The summed E-state index contributed by atoms with van der Waals surface area (Å²) in [6, 6.07) is 14.2. The predicted molar refractivity (Wildman–Crippen MR) is 122 cm³/mol. The van der Waals surface area contributed by atoms with Gasteiger partial charge in [0.1, 0.15) is 5.82 Å². The van der Waals surface area contributed by atoms with Crippen molar-refractivity contribution in [1.29, 1.82) is 0 Å². The number of rotatable bonds is 5. The summed E-state index contributed by atoms with van der Waals surface area (Å²) in [5, 5.41) is 3.24. The van der Waals surface area contributed by atoms with Gasteiger partial charge in [-0.2, -0.15) is 0 Å². The first-order valence-electron chi connectivity index (χ1n) is 9.57. The fourth-order valence-corrected chi connectivity index (χ4v) is 3.67. The normalized spacial score (nSPS) is 16.4. The number of benzene rings is 1. The van der Waals surface area contributed by atoms with Gasteiger partial charge in [0.2, 0.25) is 0 Å². The molecule has 3 rings (SSSR count). The van der Waals surface area contributed by atoms with E-state index < -0.39 is 0 Å². The third kappa shape index (κ3) is 5.64. The van der Waals surface area contributed by atoms with Crippen LogP contribution < -0.4 is 5.32 Å². The van der Waals surface area contributed by atoms with Crippen LogP contribution in [0.25, 0.3) is 0 Å². The molecule has 1 fully saturated rings. The highest BCUT2D eigenvalue weighted by molar-refractivity contribution is 14.0. The second-order valence-corrected chi connectivity index (χ2v) is 6.69. The molecule has 0 amide bonds. The van der Waals surface area contributed by atoms with Crippen molar-refractivity contribution in [3.63, 3.8) is 0 Å². The van der Waals surface area contributed by atoms with Gasteiger partial charge < -0.3 is 10.2 Å². The van der Waals surface area contributed by atoms with Crippen molar-refractivity contribution in [2.24, 2.45) is 4.99 Å². The Morgan fingerprint density at radius 3 is 2.46 bits per heavy atom. The van der Waals surface area contributed by atoms with Gasteiger partial charge in [0.05, 0.1) is 12.2 Å². The van der Waals surface area contributed by atoms with Crippen LogP contribution in [0, 0.1) is 5.82 Å². The maximum Gasteiger partial charge on any atom is 0.194 e. The van der Waals surface area contributed by atoms with Crippen LogP contribution in [0.1, 0.15) is 30.6 Å². The van der Waals surface area contributed by atoms with Crippen molar-refractivity contribution in [2.75, 3.05) is 33.2 Å². The third-order valence-electron chi connectivity index (χ3n) is 5.09. The van der Waals surface area contributed by atoms with E-state index in [2.05, 4.69) is 62.3 Å². The van der Waals surface area contributed by atoms with Crippen LogP contribution >= 0.6 is 24.0 Å². The standard InChI is InChI=1S/C21H28FN5.HI/c1-3-20(17-8-5-4-6-9-17)26-12-14-27(15-13-26)21(23-2)25-16-19-18(22)10-7-11-24-19;/h4-11,20H,3,12-16H2,1-2H3,(H,23,25);1H. The lowest BCUT2D eigenvalue weighted by Crippen LogP contribution is -2.53. The second-order valence-electron chi connectivity index (χ2n) is 6.69. The molecular formula is C21H29FIN5. The highest BCUT2D eigenvalue weighted by Gasteiger charge is 2.25. The van der Waals surface area contributed by atoms with Gasteiger partial charge in [0.25, 0.3) is 0 Å². The zero-order valence-corrected chi connectivity index (χ0v) is 18.8. The molecule has 1 saturated heterocycles. The molecule has 0 bridgehead atoms. The Labute approximate surface area is 184 Å². The van der Waals surface area contributed by atoms with Gasteiger partial charge in [0.15, 0.2) is 5.96 Å². The Morgan fingerprint density at radius 2 is 1.86 bits per heavy atom. The van der Waals surface area contributed by atoms with Crippen molar-refractivity contribution in [3.05, 3.63) is 65.7 Å². The van der Waals surface area contributed by atoms with E-state index in [-0.39, 0.29) is 29.8 Å². The van der Waals surface area contributed by atoms with E-state index in [9.17, 15) is 4.39 Å². The maximum absolute atomic E-state index is 13.8. The molecule has 0 saturated carbocycles. The predicted octanol–water partition coefficient (Wildman–Crippen LogP) is 3.68. The molecule has 1 atom stereocenters. The average Bonchev–Trinajstić information content (AvgIpc) is 2.72. The number of guanidine groups is 1. The summed E-state index contributed by atoms with van der Waals surface area (Å²) in [6.45, 7) is 6.33. The number of piperazine rings is 1. The second kappa shape index (κ2) is 11.3. The molecule has 2 heterocycles. The lowest BCUT2D eigenvalue weighted by molar-refractivity contribution is 0.127. The first-order chi connectivity index (χ1) is 13.2. The van der Waals surface area contributed by atoms with Gasteiger partial charge in [0, 0.05) is 45.5 Å². The van der Waals surface area contributed by atoms with Crippen LogP contribution in [-0.4, -0.2) is 54.0 Å². The number of aliphatic imine (C=N–C) groups is 1. The molecule has 7 heteroatoms. The first kappa shape index (κ1) is 22.5. The Kier molecular flexibility index (Phi) is 9.11. The summed E-state index contributed by atoms with van der Waals surface area (Å²) < 4.78 is 13.8. The van der Waals surface area contributed by atoms with Gasteiger partial charge in [-0.25, -0.2) is 4.39 Å². The van der Waals surface area contributed by atoms with Gasteiger partial charge >= 0.3 is 0 Å². The van der Waals surface area contributed by atoms with E-state index in [1.807, 2.05) is 0 Å². The van der Waals surface area contributed by atoms with Crippen LogP contribution in [0.5, 0.6) is 0 Å². The summed E-state index contributed by atoms with van der Waals surface area (Å²) in [5.41, 5.74) is 1.79. The minimum Gasteiger partial charge on any atom is -0.350 e. The number of nitrogens with zero attached hydrogens (tertiary/aromatic N) is 4. The van der Waals surface area contributed by atoms with E-state index in [1.165, 1.54) is 11.6 Å². The van der Waals surface area contributed by atoms with Crippen LogP contribution in [0.15, 0.2) is 53.7 Å². The molecule has 2 aromatic rings. The number of nitrogens with one attached hydrogen (secondary N) is 1. The minimum atomic E-state index is -0.293. The smallest absolute Gasteiger partial charge is 0.194 e. The molecule has 0 spiro atoms. The lowest BCUT2D eigenvalue weighted by atomic mass is 10.0. The third-order valence-corrected chi connectivity index (χ3v) is 5.09. The van der Waals surface area contributed by atoms with Crippen molar-refractivity contribution < 1.29 is 4.39 Å². The molecule has 28 heavy (non-hydrogen) atoms. The molecule has 5 nitrogen and oxygen atoms in total. The Balaban J connectivity index is 0.00000280.